The highest BCUT2D eigenvalue weighted by molar-refractivity contribution is 7.80. The Labute approximate surface area is 210 Å². The SMILES string of the molecule is CCC(=O)NC(=S)Nc1ccc(NC(=S)NC(=O)c2ccc(-c3cccc(Cl)c3Cl)o2)cc1. The van der Waals surface area contributed by atoms with E-state index in [9.17, 15) is 9.59 Å². The van der Waals surface area contributed by atoms with E-state index in [-0.39, 0.29) is 21.9 Å². The quantitative estimate of drug-likeness (QED) is 0.325. The summed E-state index contributed by atoms with van der Waals surface area (Å²) >= 11 is 22.5. The molecule has 170 valence electrons. The van der Waals surface area contributed by atoms with Crippen LogP contribution in [0, 0.1) is 0 Å². The highest BCUT2D eigenvalue weighted by atomic mass is 35.5. The van der Waals surface area contributed by atoms with Crippen LogP contribution in [-0.2, 0) is 4.79 Å². The van der Waals surface area contributed by atoms with Crippen molar-refractivity contribution in [2.45, 2.75) is 13.3 Å². The number of halogens is 2. The third-order valence-corrected chi connectivity index (χ3v) is 5.48. The Kier molecular flexibility index (Phi) is 8.40. The summed E-state index contributed by atoms with van der Waals surface area (Å²) in [7, 11) is 0. The van der Waals surface area contributed by atoms with Gasteiger partial charge in [-0.15, -0.1) is 0 Å². The lowest BCUT2D eigenvalue weighted by Crippen LogP contribution is -2.34. The van der Waals surface area contributed by atoms with Gasteiger partial charge in [-0.2, -0.15) is 0 Å². The molecule has 0 fully saturated rings. The Morgan fingerprint density at radius 2 is 1.48 bits per heavy atom. The highest BCUT2D eigenvalue weighted by Crippen LogP contribution is 2.34. The fourth-order valence-corrected chi connectivity index (χ4v) is 3.48. The van der Waals surface area contributed by atoms with Gasteiger partial charge in [-0.3, -0.25) is 14.9 Å². The molecular formula is C22H18Cl2N4O3S2. The van der Waals surface area contributed by atoms with Crippen LogP contribution in [0.4, 0.5) is 11.4 Å². The monoisotopic (exact) mass is 520 g/mol. The zero-order valence-electron chi connectivity index (χ0n) is 17.2. The molecule has 2 aromatic carbocycles. The molecule has 4 N–H and O–H groups in total. The van der Waals surface area contributed by atoms with Crippen molar-refractivity contribution in [1.82, 2.24) is 10.6 Å². The summed E-state index contributed by atoms with van der Waals surface area (Å²) in [4.78, 5) is 23.8. The molecule has 3 rings (SSSR count). The Morgan fingerprint density at radius 3 is 2.09 bits per heavy atom. The molecule has 0 atom stereocenters. The predicted molar refractivity (Wildman–Crippen MR) is 139 cm³/mol. The van der Waals surface area contributed by atoms with E-state index in [0.29, 0.717) is 39.2 Å². The fourth-order valence-electron chi connectivity index (χ4n) is 2.64. The Morgan fingerprint density at radius 1 is 0.879 bits per heavy atom. The van der Waals surface area contributed by atoms with Gasteiger partial charge in [0.25, 0.3) is 5.91 Å². The second-order valence-corrected chi connectivity index (χ2v) is 8.21. The second kappa shape index (κ2) is 11.2. The van der Waals surface area contributed by atoms with Gasteiger partial charge in [0.1, 0.15) is 5.76 Å². The fraction of sp³-hybridized carbons (Fsp3) is 0.0909. The van der Waals surface area contributed by atoms with Crippen LogP contribution in [-0.4, -0.2) is 22.0 Å². The first-order valence-electron chi connectivity index (χ1n) is 9.64. The average molecular weight is 521 g/mol. The number of hydrogen-bond acceptors (Lipinski definition) is 5. The molecule has 1 heterocycles. The van der Waals surface area contributed by atoms with Gasteiger partial charge in [-0.25, -0.2) is 0 Å². The molecule has 0 aliphatic rings. The number of benzene rings is 2. The number of anilines is 2. The van der Waals surface area contributed by atoms with Crippen molar-refractivity contribution < 1.29 is 14.0 Å². The maximum Gasteiger partial charge on any atom is 0.293 e. The normalized spacial score (nSPS) is 10.3. The van der Waals surface area contributed by atoms with Gasteiger partial charge in [0, 0.05) is 23.4 Å². The summed E-state index contributed by atoms with van der Waals surface area (Å²) in [6, 6.07) is 15.2. The van der Waals surface area contributed by atoms with E-state index in [2.05, 4.69) is 21.3 Å². The molecule has 0 unspecified atom stereocenters. The number of carbonyl (C=O) groups is 2. The van der Waals surface area contributed by atoms with Crippen molar-refractivity contribution in [3.8, 4) is 11.3 Å². The first-order chi connectivity index (χ1) is 15.8. The molecule has 0 saturated carbocycles. The van der Waals surface area contributed by atoms with Crippen molar-refractivity contribution in [3.05, 3.63) is 70.4 Å². The van der Waals surface area contributed by atoms with E-state index >= 15 is 0 Å². The van der Waals surface area contributed by atoms with Crippen LogP contribution in [0.1, 0.15) is 23.9 Å². The summed E-state index contributed by atoms with van der Waals surface area (Å²) in [6.45, 7) is 1.74. The molecule has 3 aromatic rings. The number of carbonyl (C=O) groups excluding carboxylic acids is 2. The van der Waals surface area contributed by atoms with Gasteiger partial charge in [-0.1, -0.05) is 36.2 Å². The lowest BCUT2D eigenvalue weighted by atomic mass is 10.2. The smallest absolute Gasteiger partial charge is 0.293 e. The zero-order chi connectivity index (χ0) is 24.0. The topological polar surface area (TPSA) is 95.4 Å². The standard InChI is InChI=1S/C22H18Cl2N4O3S2/c1-2-18(29)27-21(32)25-12-6-8-13(9-7-12)26-22(33)28-20(30)17-11-10-16(31-17)14-4-3-5-15(23)19(14)24/h3-11H,2H2,1H3,(H2,25,27,29,32)(H2,26,28,30,33). The number of thiocarbonyl (C=S) groups is 2. The molecule has 1 aromatic heterocycles. The molecule has 7 nitrogen and oxygen atoms in total. The second-order valence-electron chi connectivity index (χ2n) is 6.61. The van der Waals surface area contributed by atoms with Crippen LogP contribution < -0.4 is 21.3 Å². The number of nitrogens with one attached hydrogen (secondary N) is 4. The average Bonchev–Trinajstić information content (AvgIpc) is 3.27. The molecule has 33 heavy (non-hydrogen) atoms. The van der Waals surface area contributed by atoms with E-state index in [4.69, 9.17) is 52.1 Å². The lowest BCUT2D eigenvalue weighted by Gasteiger charge is -2.11. The van der Waals surface area contributed by atoms with E-state index in [1.54, 1.807) is 55.5 Å². The summed E-state index contributed by atoms with van der Waals surface area (Å²) in [5.74, 6) is -0.228. The van der Waals surface area contributed by atoms with Crippen LogP contribution in [0.3, 0.4) is 0 Å². The molecule has 0 bridgehead atoms. The molecule has 0 saturated heterocycles. The van der Waals surface area contributed by atoms with Gasteiger partial charge in [-0.05, 0) is 73.0 Å². The van der Waals surface area contributed by atoms with E-state index in [1.807, 2.05) is 0 Å². The minimum atomic E-state index is -0.521. The molecule has 0 spiro atoms. The third-order valence-electron chi connectivity index (χ3n) is 4.25. The predicted octanol–water partition coefficient (Wildman–Crippen LogP) is 5.60. The number of furan rings is 1. The third kappa shape index (κ3) is 6.75. The largest absolute Gasteiger partial charge is 0.451 e. The van der Waals surface area contributed by atoms with Crippen molar-refractivity contribution in [2.24, 2.45) is 0 Å². The van der Waals surface area contributed by atoms with Crippen LogP contribution in [0.5, 0.6) is 0 Å². The van der Waals surface area contributed by atoms with Crippen molar-refractivity contribution in [3.63, 3.8) is 0 Å². The van der Waals surface area contributed by atoms with Crippen LogP contribution >= 0.6 is 47.6 Å². The van der Waals surface area contributed by atoms with Crippen molar-refractivity contribution >= 4 is 81.1 Å². The van der Waals surface area contributed by atoms with Gasteiger partial charge in [0.15, 0.2) is 16.0 Å². The summed E-state index contributed by atoms with van der Waals surface area (Å²) < 4.78 is 5.61. The van der Waals surface area contributed by atoms with Crippen LogP contribution in [0.2, 0.25) is 10.0 Å². The van der Waals surface area contributed by atoms with Crippen LogP contribution in [0.25, 0.3) is 11.3 Å². The van der Waals surface area contributed by atoms with E-state index in [0.717, 1.165) is 0 Å². The molecule has 2 amide bonds. The Bertz CT molecular complexity index is 1210. The van der Waals surface area contributed by atoms with Gasteiger partial charge < -0.3 is 20.4 Å². The lowest BCUT2D eigenvalue weighted by molar-refractivity contribution is -0.119. The maximum atomic E-state index is 12.5. The van der Waals surface area contributed by atoms with E-state index < -0.39 is 5.91 Å². The maximum absolute atomic E-state index is 12.5. The number of amides is 2. The minimum absolute atomic E-state index is 0.0624. The van der Waals surface area contributed by atoms with Crippen molar-refractivity contribution in [2.75, 3.05) is 10.6 Å². The number of hydrogen-bond donors (Lipinski definition) is 4. The van der Waals surface area contributed by atoms with Gasteiger partial charge in [0.2, 0.25) is 5.91 Å². The summed E-state index contributed by atoms with van der Waals surface area (Å²) in [5, 5.41) is 11.9. The van der Waals surface area contributed by atoms with Gasteiger partial charge >= 0.3 is 0 Å². The molecule has 11 heteroatoms. The Hall–Kier alpha value is -2.98. The first-order valence-corrected chi connectivity index (χ1v) is 11.2. The zero-order valence-corrected chi connectivity index (χ0v) is 20.3. The molecule has 0 aliphatic carbocycles. The summed E-state index contributed by atoms with van der Waals surface area (Å²) in [6.07, 6.45) is 0.335. The number of rotatable bonds is 5. The summed E-state index contributed by atoms with van der Waals surface area (Å²) in [5.41, 5.74) is 1.89. The molecule has 0 aliphatic heterocycles. The molecular weight excluding hydrogens is 503 g/mol. The van der Waals surface area contributed by atoms with E-state index in [1.165, 1.54) is 6.07 Å². The first kappa shape index (κ1) is 24.7. The van der Waals surface area contributed by atoms with Crippen molar-refractivity contribution in [1.29, 1.82) is 0 Å². The minimum Gasteiger partial charge on any atom is -0.451 e. The molecule has 0 radical (unpaired) electrons. The van der Waals surface area contributed by atoms with Gasteiger partial charge in [0.05, 0.1) is 10.0 Å². The highest BCUT2D eigenvalue weighted by Gasteiger charge is 2.16. The van der Waals surface area contributed by atoms with Crippen LogP contribution in [0.15, 0.2) is 59.0 Å². The Balaban J connectivity index is 1.56.